The van der Waals surface area contributed by atoms with Crippen LogP contribution in [0.25, 0.3) is 0 Å². The molecule has 0 aromatic heterocycles. The van der Waals surface area contributed by atoms with Gasteiger partial charge in [0.1, 0.15) is 0 Å². The van der Waals surface area contributed by atoms with Gasteiger partial charge in [-0.25, -0.2) is 0 Å². The van der Waals surface area contributed by atoms with Gasteiger partial charge in [0.05, 0.1) is 0 Å². The van der Waals surface area contributed by atoms with Gasteiger partial charge in [0.2, 0.25) is 0 Å². The maximum Gasteiger partial charge on any atom is 0.0200 e. The fourth-order valence-electron chi connectivity index (χ4n) is 2.59. The Hall–Kier alpha value is 0.0900. The summed E-state index contributed by atoms with van der Waals surface area (Å²) in [4.78, 5) is 0. The van der Waals surface area contributed by atoms with Crippen molar-refractivity contribution in [2.24, 2.45) is 0 Å². The number of thioether (sulfide) groups is 1. The van der Waals surface area contributed by atoms with Crippen LogP contribution in [0.5, 0.6) is 0 Å². The summed E-state index contributed by atoms with van der Waals surface area (Å²) in [6.07, 6.45) is 8.75. The first kappa shape index (κ1) is 9.64. The maximum atomic E-state index is 2.34. The van der Waals surface area contributed by atoms with Gasteiger partial charge in [0, 0.05) is 10.5 Å². The van der Waals surface area contributed by atoms with Crippen LogP contribution >= 0.6 is 11.8 Å². The Morgan fingerprint density at radius 3 is 2.31 bits per heavy atom. The molecule has 1 aliphatic carbocycles. The third-order valence-electron chi connectivity index (χ3n) is 3.68. The van der Waals surface area contributed by atoms with Gasteiger partial charge in [-0.15, -0.1) is 0 Å². The molecule has 0 aromatic carbocycles. The lowest BCUT2D eigenvalue weighted by Gasteiger charge is -2.40. The fourth-order valence-corrected chi connectivity index (χ4v) is 4.25. The predicted molar refractivity (Wildman–Crippen MR) is 61.3 cm³/mol. The van der Waals surface area contributed by atoms with Crippen molar-refractivity contribution in [1.29, 1.82) is 0 Å². The summed E-state index contributed by atoms with van der Waals surface area (Å²) in [7, 11) is 0. The van der Waals surface area contributed by atoms with Crippen LogP contribution in [0.2, 0.25) is 0 Å². The van der Waals surface area contributed by atoms with Gasteiger partial charge in [-0.05, 0) is 33.1 Å². The highest BCUT2D eigenvalue weighted by Gasteiger charge is 2.35. The molecule has 0 radical (unpaired) electrons. The molecule has 0 amide bonds. The first-order valence-electron chi connectivity index (χ1n) is 5.51. The molecular formula is C12H20S. The predicted octanol–water partition coefficient (Wildman–Crippen LogP) is 4.16. The average molecular weight is 196 g/mol. The van der Waals surface area contributed by atoms with Crippen molar-refractivity contribution >= 4 is 11.8 Å². The zero-order valence-corrected chi connectivity index (χ0v) is 9.67. The minimum absolute atomic E-state index is 0.668. The van der Waals surface area contributed by atoms with E-state index >= 15 is 0 Å². The minimum Gasteiger partial charge on any atom is -0.150 e. The van der Waals surface area contributed by atoms with Crippen LogP contribution in [0.4, 0.5) is 0 Å². The maximum absolute atomic E-state index is 2.34. The van der Waals surface area contributed by atoms with Crippen molar-refractivity contribution in [2.75, 3.05) is 5.75 Å². The molecule has 0 aromatic rings. The molecule has 0 nitrogen and oxygen atoms in total. The van der Waals surface area contributed by atoms with E-state index in [0.717, 1.165) is 0 Å². The van der Waals surface area contributed by atoms with Gasteiger partial charge in [0.25, 0.3) is 0 Å². The molecule has 74 valence electrons. The summed E-state index contributed by atoms with van der Waals surface area (Å²) in [6, 6.07) is 0. The van der Waals surface area contributed by atoms with Gasteiger partial charge in [-0.2, -0.15) is 11.8 Å². The van der Waals surface area contributed by atoms with E-state index in [1.54, 1.807) is 11.1 Å². The third kappa shape index (κ3) is 1.96. The van der Waals surface area contributed by atoms with E-state index in [1.807, 2.05) is 0 Å². The lowest BCUT2D eigenvalue weighted by molar-refractivity contribution is 0.391. The molecule has 0 unspecified atom stereocenters. The van der Waals surface area contributed by atoms with Crippen LogP contribution in [0.1, 0.15) is 52.4 Å². The second-order valence-electron chi connectivity index (χ2n) is 4.77. The van der Waals surface area contributed by atoms with E-state index in [2.05, 4.69) is 25.6 Å². The Bertz CT molecular complexity index is 221. The van der Waals surface area contributed by atoms with Gasteiger partial charge >= 0.3 is 0 Å². The molecule has 1 heterocycles. The van der Waals surface area contributed by atoms with Crippen molar-refractivity contribution in [3.63, 3.8) is 0 Å². The van der Waals surface area contributed by atoms with Crippen LogP contribution < -0.4 is 0 Å². The minimum atomic E-state index is 0.668. The van der Waals surface area contributed by atoms with Gasteiger partial charge < -0.3 is 0 Å². The number of hydrogen-bond acceptors (Lipinski definition) is 1. The molecule has 13 heavy (non-hydrogen) atoms. The average Bonchev–Trinajstić information content (AvgIpc) is 2.14. The van der Waals surface area contributed by atoms with Crippen molar-refractivity contribution in [3.05, 3.63) is 11.1 Å². The fraction of sp³-hybridized carbons (Fsp3) is 0.833. The molecule has 0 saturated heterocycles. The first-order chi connectivity index (χ1) is 6.22. The Morgan fingerprint density at radius 2 is 1.69 bits per heavy atom. The highest BCUT2D eigenvalue weighted by molar-refractivity contribution is 8.00. The molecule has 1 spiro atoms. The molecule has 1 heteroatoms. The lowest BCUT2D eigenvalue weighted by atomic mass is 9.83. The van der Waals surface area contributed by atoms with E-state index in [1.165, 1.54) is 44.3 Å². The summed E-state index contributed by atoms with van der Waals surface area (Å²) in [5.41, 5.74) is 3.32. The second kappa shape index (κ2) is 3.68. The highest BCUT2D eigenvalue weighted by Crippen LogP contribution is 2.48. The molecule has 0 N–H and O–H groups in total. The van der Waals surface area contributed by atoms with E-state index in [-0.39, 0.29) is 0 Å². The normalized spacial score (nSPS) is 28.2. The van der Waals surface area contributed by atoms with Crippen LogP contribution in [0, 0.1) is 0 Å². The monoisotopic (exact) mass is 196 g/mol. The zero-order valence-electron chi connectivity index (χ0n) is 8.86. The van der Waals surface area contributed by atoms with Crippen molar-refractivity contribution in [1.82, 2.24) is 0 Å². The van der Waals surface area contributed by atoms with Crippen molar-refractivity contribution < 1.29 is 0 Å². The zero-order chi connectivity index (χ0) is 9.31. The van der Waals surface area contributed by atoms with Crippen molar-refractivity contribution in [2.45, 2.75) is 57.1 Å². The summed E-state index contributed by atoms with van der Waals surface area (Å²) < 4.78 is 0.668. The molecule has 1 saturated carbocycles. The largest absolute Gasteiger partial charge is 0.150 e. The molecular weight excluding hydrogens is 176 g/mol. The molecule has 1 fully saturated rings. The topological polar surface area (TPSA) is 0 Å². The van der Waals surface area contributed by atoms with E-state index in [9.17, 15) is 0 Å². The number of rotatable bonds is 0. The van der Waals surface area contributed by atoms with Gasteiger partial charge in [-0.3, -0.25) is 0 Å². The van der Waals surface area contributed by atoms with Gasteiger partial charge in [0.15, 0.2) is 0 Å². The Kier molecular flexibility index (Phi) is 2.73. The van der Waals surface area contributed by atoms with E-state index in [0.29, 0.717) is 4.75 Å². The third-order valence-corrected chi connectivity index (χ3v) is 5.42. The smallest absolute Gasteiger partial charge is 0.0200 e. The summed E-state index contributed by atoms with van der Waals surface area (Å²) in [6.45, 7) is 4.64. The molecule has 0 atom stereocenters. The summed E-state index contributed by atoms with van der Waals surface area (Å²) in [5, 5.41) is 0. The second-order valence-corrected chi connectivity index (χ2v) is 6.21. The highest BCUT2D eigenvalue weighted by atomic mass is 32.2. The standard InChI is InChI=1S/C12H20S/c1-10-8-12(13-9-11(10)2)6-4-3-5-7-12/h3-9H2,1-2H3. The molecule has 1 aliphatic heterocycles. The molecule has 2 rings (SSSR count). The molecule has 0 bridgehead atoms. The van der Waals surface area contributed by atoms with Gasteiger partial charge in [-0.1, -0.05) is 30.4 Å². The van der Waals surface area contributed by atoms with Crippen LogP contribution in [-0.4, -0.2) is 10.5 Å². The van der Waals surface area contributed by atoms with E-state index in [4.69, 9.17) is 0 Å². The number of hydrogen-bond donors (Lipinski definition) is 0. The number of allylic oxidation sites excluding steroid dienone is 1. The molecule has 2 aliphatic rings. The Balaban J connectivity index is 2.09. The Morgan fingerprint density at radius 1 is 1.00 bits per heavy atom. The van der Waals surface area contributed by atoms with E-state index < -0.39 is 0 Å². The first-order valence-corrected chi connectivity index (χ1v) is 6.50. The Labute approximate surface area is 86.2 Å². The summed E-state index contributed by atoms with van der Waals surface area (Å²) in [5.74, 6) is 1.30. The van der Waals surface area contributed by atoms with Crippen molar-refractivity contribution in [3.8, 4) is 0 Å². The quantitative estimate of drug-likeness (QED) is 0.524. The SMILES string of the molecule is CC1=C(C)CC2(CCCCC2)SC1. The lowest BCUT2D eigenvalue weighted by Crippen LogP contribution is -2.31. The van der Waals surface area contributed by atoms with Crippen LogP contribution in [-0.2, 0) is 0 Å². The summed E-state index contributed by atoms with van der Waals surface area (Å²) >= 11 is 2.24. The van der Waals surface area contributed by atoms with Crippen LogP contribution in [0.15, 0.2) is 11.1 Å². The van der Waals surface area contributed by atoms with Crippen LogP contribution in [0.3, 0.4) is 0 Å².